The lowest BCUT2D eigenvalue weighted by molar-refractivity contribution is -0.151. The summed E-state index contributed by atoms with van der Waals surface area (Å²) in [6.07, 6.45) is 1.43. The number of hydrogen-bond donors (Lipinski definition) is 1. The monoisotopic (exact) mass is 510 g/mol. The van der Waals surface area contributed by atoms with E-state index in [9.17, 15) is 13.2 Å². The van der Waals surface area contributed by atoms with Crippen LogP contribution in [0, 0.1) is 13.8 Å². The molecule has 192 valence electrons. The molecule has 13 heteroatoms. The molecule has 35 heavy (non-hydrogen) atoms. The highest BCUT2D eigenvalue weighted by molar-refractivity contribution is 7.91. The molecule has 3 heterocycles. The standard InChI is InChI=1S/C22H30N4O8S/c1-14(2)31-22(28)34-26-9-7-17(8-10-26)32-20-15(3)21(24-13-23-20)33-18-5-6-19(25-16(18)4)35(29,30)12-11-27/h5-6,13-14,17,27H,7-12H2,1-4H3. The third-order valence-electron chi connectivity index (χ3n) is 5.10. The van der Waals surface area contributed by atoms with Crippen LogP contribution in [0.4, 0.5) is 4.79 Å². The molecule has 1 aliphatic heterocycles. The van der Waals surface area contributed by atoms with Crippen LogP contribution in [0.5, 0.6) is 17.5 Å². The molecule has 0 spiro atoms. The highest BCUT2D eigenvalue weighted by Crippen LogP contribution is 2.30. The summed E-state index contributed by atoms with van der Waals surface area (Å²) in [6.45, 7) is 7.37. The number of hydroxylamine groups is 2. The van der Waals surface area contributed by atoms with Crippen molar-refractivity contribution in [3.05, 3.63) is 29.7 Å². The minimum Gasteiger partial charge on any atom is -0.474 e. The number of aromatic nitrogens is 3. The van der Waals surface area contributed by atoms with E-state index in [1.165, 1.54) is 18.5 Å². The van der Waals surface area contributed by atoms with Crippen molar-refractivity contribution in [3.63, 3.8) is 0 Å². The van der Waals surface area contributed by atoms with E-state index in [0.29, 0.717) is 48.8 Å². The molecule has 0 amide bonds. The predicted molar refractivity (Wildman–Crippen MR) is 123 cm³/mol. The Morgan fingerprint density at radius 3 is 2.49 bits per heavy atom. The topological polar surface area (TPSA) is 150 Å². The van der Waals surface area contributed by atoms with Gasteiger partial charge in [0.05, 0.1) is 29.7 Å². The van der Waals surface area contributed by atoms with E-state index in [1.807, 2.05) is 0 Å². The van der Waals surface area contributed by atoms with Gasteiger partial charge in [0, 0.05) is 25.9 Å². The highest BCUT2D eigenvalue weighted by Gasteiger charge is 2.26. The summed E-state index contributed by atoms with van der Waals surface area (Å²) in [5.74, 6) is 0.544. The summed E-state index contributed by atoms with van der Waals surface area (Å²) >= 11 is 0. The maximum absolute atomic E-state index is 12.1. The van der Waals surface area contributed by atoms with Crippen molar-refractivity contribution in [1.29, 1.82) is 0 Å². The Labute approximate surface area is 204 Å². The number of rotatable bonds is 9. The molecule has 0 radical (unpaired) electrons. The van der Waals surface area contributed by atoms with Crippen LogP contribution < -0.4 is 9.47 Å². The molecular formula is C22H30N4O8S. The van der Waals surface area contributed by atoms with Crippen molar-refractivity contribution < 1.29 is 37.4 Å². The van der Waals surface area contributed by atoms with Crippen molar-refractivity contribution in [2.45, 2.75) is 57.8 Å². The van der Waals surface area contributed by atoms with Gasteiger partial charge < -0.3 is 24.2 Å². The first-order valence-corrected chi connectivity index (χ1v) is 12.8. The first-order chi connectivity index (χ1) is 16.6. The summed E-state index contributed by atoms with van der Waals surface area (Å²) < 4.78 is 41.2. The predicted octanol–water partition coefficient (Wildman–Crippen LogP) is 2.37. The number of sulfone groups is 1. The van der Waals surface area contributed by atoms with Gasteiger partial charge in [-0.1, -0.05) is 0 Å². The fraction of sp³-hybridized carbons (Fsp3) is 0.545. The van der Waals surface area contributed by atoms with Crippen molar-refractivity contribution in [1.82, 2.24) is 20.0 Å². The summed E-state index contributed by atoms with van der Waals surface area (Å²) in [5, 5.41) is 10.4. The normalized spacial score (nSPS) is 15.1. The summed E-state index contributed by atoms with van der Waals surface area (Å²) in [4.78, 5) is 29.3. The van der Waals surface area contributed by atoms with Crippen LogP contribution in [0.1, 0.15) is 37.9 Å². The Bertz CT molecular complexity index is 1130. The summed E-state index contributed by atoms with van der Waals surface area (Å²) in [7, 11) is -3.67. The van der Waals surface area contributed by atoms with E-state index >= 15 is 0 Å². The van der Waals surface area contributed by atoms with Gasteiger partial charge in [0.2, 0.25) is 11.8 Å². The number of aliphatic hydroxyl groups excluding tert-OH is 1. The summed E-state index contributed by atoms with van der Waals surface area (Å²) in [5.41, 5.74) is 0.927. The fourth-order valence-corrected chi connectivity index (χ4v) is 4.30. The molecule has 1 aliphatic rings. The maximum atomic E-state index is 12.1. The highest BCUT2D eigenvalue weighted by atomic mass is 32.2. The van der Waals surface area contributed by atoms with E-state index < -0.39 is 28.4 Å². The van der Waals surface area contributed by atoms with Crippen LogP contribution in [-0.2, 0) is 19.4 Å². The van der Waals surface area contributed by atoms with Gasteiger partial charge in [0.1, 0.15) is 12.4 Å². The first-order valence-electron chi connectivity index (χ1n) is 11.2. The number of hydrogen-bond acceptors (Lipinski definition) is 12. The largest absolute Gasteiger partial charge is 0.528 e. The molecule has 2 aromatic heterocycles. The molecule has 0 bridgehead atoms. The number of aliphatic hydroxyl groups is 1. The number of pyridine rings is 1. The molecular weight excluding hydrogens is 480 g/mol. The Morgan fingerprint density at radius 2 is 1.86 bits per heavy atom. The number of carbonyl (C=O) groups is 1. The molecule has 1 saturated heterocycles. The maximum Gasteiger partial charge on any atom is 0.528 e. The number of ether oxygens (including phenoxy) is 3. The molecule has 0 saturated carbocycles. The van der Waals surface area contributed by atoms with Gasteiger partial charge in [0.15, 0.2) is 20.6 Å². The lowest BCUT2D eigenvalue weighted by atomic mass is 10.1. The first kappa shape index (κ1) is 26.6. The molecule has 2 aromatic rings. The fourth-order valence-electron chi connectivity index (χ4n) is 3.29. The lowest BCUT2D eigenvalue weighted by Crippen LogP contribution is -2.40. The van der Waals surface area contributed by atoms with E-state index in [-0.39, 0.29) is 23.1 Å². The van der Waals surface area contributed by atoms with Crippen LogP contribution >= 0.6 is 0 Å². The minimum absolute atomic E-state index is 0.132. The van der Waals surface area contributed by atoms with E-state index in [4.69, 9.17) is 24.2 Å². The zero-order valence-electron chi connectivity index (χ0n) is 20.1. The van der Waals surface area contributed by atoms with Crippen LogP contribution in [-0.4, -0.2) is 77.4 Å². The molecule has 3 rings (SSSR count). The lowest BCUT2D eigenvalue weighted by Gasteiger charge is -2.30. The number of nitrogens with zero attached hydrogens (tertiary/aromatic N) is 4. The van der Waals surface area contributed by atoms with Gasteiger partial charge in [-0.25, -0.2) is 28.2 Å². The Balaban J connectivity index is 1.62. The van der Waals surface area contributed by atoms with Gasteiger partial charge in [-0.3, -0.25) is 0 Å². The van der Waals surface area contributed by atoms with Crippen molar-refractivity contribution in [2.75, 3.05) is 25.4 Å². The quantitative estimate of drug-likeness (QED) is 0.493. The van der Waals surface area contributed by atoms with Crippen LogP contribution in [0.2, 0.25) is 0 Å². The van der Waals surface area contributed by atoms with E-state index in [2.05, 4.69) is 15.0 Å². The van der Waals surface area contributed by atoms with E-state index in [0.717, 1.165) is 0 Å². The van der Waals surface area contributed by atoms with Crippen LogP contribution in [0.25, 0.3) is 0 Å². The number of piperidine rings is 1. The van der Waals surface area contributed by atoms with Crippen LogP contribution in [0.3, 0.4) is 0 Å². The third kappa shape index (κ3) is 7.23. The van der Waals surface area contributed by atoms with Gasteiger partial charge in [-0.05, 0) is 39.8 Å². The zero-order valence-corrected chi connectivity index (χ0v) is 20.9. The summed E-state index contributed by atoms with van der Waals surface area (Å²) in [6, 6.07) is 2.82. The molecule has 1 N–H and O–H groups in total. The molecule has 0 unspecified atom stereocenters. The second-order valence-electron chi connectivity index (χ2n) is 8.24. The van der Waals surface area contributed by atoms with Crippen molar-refractivity contribution in [3.8, 4) is 17.5 Å². The average Bonchev–Trinajstić information content (AvgIpc) is 2.78. The minimum atomic E-state index is -3.67. The molecule has 0 aliphatic carbocycles. The Hall–Kier alpha value is -3.03. The Kier molecular flexibility index (Phi) is 8.81. The molecule has 0 aromatic carbocycles. The average molecular weight is 511 g/mol. The second kappa shape index (κ2) is 11.6. The third-order valence-corrected chi connectivity index (χ3v) is 6.69. The second-order valence-corrected chi connectivity index (χ2v) is 10.3. The van der Waals surface area contributed by atoms with Crippen LogP contribution in [0.15, 0.2) is 23.5 Å². The van der Waals surface area contributed by atoms with Gasteiger partial charge in [-0.15, -0.1) is 5.06 Å². The van der Waals surface area contributed by atoms with Crippen molar-refractivity contribution >= 4 is 16.0 Å². The zero-order chi connectivity index (χ0) is 25.6. The molecule has 0 atom stereocenters. The number of carbonyl (C=O) groups excluding carboxylic acids is 1. The number of aryl methyl sites for hydroxylation is 1. The smallest absolute Gasteiger partial charge is 0.474 e. The molecule has 12 nitrogen and oxygen atoms in total. The van der Waals surface area contributed by atoms with Gasteiger partial charge in [-0.2, -0.15) is 0 Å². The molecule has 1 fully saturated rings. The SMILES string of the molecule is Cc1nc(S(=O)(=O)CCO)ccc1Oc1ncnc(OC2CCN(OC(=O)OC(C)C)CC2)c1C. The van der Waals surface area contributed by atoms with Gasteiger partial charge in [0.25, 0.3) is 0 Å². The van der Waals surface area contributed by atoms with Crippen molar-refractivity contribution in [2.24, 2.45) is 0 Å². The Morgan fingerprint density at radius 1 is 1.17 bits per heavy atom. The van der Waals surface area contributed by atoms with Gasteiger partial charge >= 0.3 is 6.16 Å². The van der Waals surface area contributed by atoms with E-state index in [1.54, 1.807) is 32.8 Å².